The highest BCUT2D eigenvalue weighted by Gasteiger charge is 2.15. The van der Waals surface area contributed by atoms with Crippen LogP contribution in [0, 0.1) is 6.92 Å². The fraction of sp³-hybridized carbons (Fsp3) is 0.429. The zero-order chi connectivity index (χ0) is 14.5. The van der Waals surface area contributed by atoms with Crippen LogP contribution in [0.3, 0.4) is 0 Å². The molecule has 1 unspecified atom stereocenters. The molecule has 2 aromatic rings. The van der Waals surface area contributed by atoms with E-state index in [4.69, 9.17) is 10.2 Å². The molecule has 2 rings (SSSR count). The minimum absolute atomic E-state index is 0.0558. The van der Waals surface area contributed by atoms with Gasteiger partial charge >= 0.3 is 0 Å². The Morgan fingerprint density at radius 2 is 2.40 bits per heavy atom. The molecule has 0 saturated carbocycles. The molecule has 5 nitrogen and oxygen atoms in total. The summed E-state index contributed by atoms with van der Waals surface area (Å²) in [5.41, 5.74) is 6.32. The maximum absolute atomic E-state index is 11.8. The third-order valence-electron chi connectivity index (χ3n) is 2.87. The van der Waals surface area contributed by atoms with Crippen molar-refractivity contribution in [2.45, 2.75) is 32.7 Å². The van der Waals surface area contributed by atoms with Crippen molar-refractivity contribution in [3.63, 3.8) is 0 Å². The summed E-state index contributed by atoms with van der Waals surface area (Å²) in [6.07, 6.45) is 1.00. The Balaban J connectivity index is 1.94. The Morgan fingerprint density at radius 1 is 1.60 bits per heavy atom. The predicted octanol–water partition coefficient (Wildman–Crippen LogP) is 2.11. The number of amides is 1. The van der Waals surface area contributed by atoms with Gasteiger partial charge in [-0.3, -0.25) is 4.79 Å². The van der Waals surface area contributed by atoms with Crippen molar-refractivity contribution in [2.75, 3.05) is 6.54 Å². The Kier molecular flexibility index (Phi) is 4.92. The van der Waals surface area contributed by atoms with E-state index in [-0.39, 0.29) is 18.4 Å². The van der Waals surface area contributed by atoms with Gasteiger partial charge in [-0.15, -0.1) is 11.3 Å². The topological polar surface area (TPSA) is 81.2 Å². The highest BCUT2D eigenvalue weighted by atomic mass is 32.1. The molecule has 0 aliphatic heterocycles. The molecule has 0 saturated heterocycles. The molecule has 2 aromatic heterocycles. The third-order valence-corrected chi connectivity index (χ3v) is 3.73. The molecule has 0 aliphatic carbocycles. The van der Waals surface area contributed by atoms with Crippen molar-refractivity contribution in [1.82, 2.24) is 10.3 Å². The lowest BCUT2D eigenvalue weighted by Crippen LogP contribution is -2.30. The van der Waals surface area contributed by atoms with Gasteiger partial charge in [0, 0.05) is 12.6 Å². The highest BCUT2D eigenvalue weighted by molar-refractivity contribution is 7.13. The van der Waals surface area contributed by atoms with Gasteiger partial charge in [-0.1, -0.05) is 6.07 Å². The van der Waals surface area contributed by atoms with Crippen LogP contribution in [0.1, 0.15) is 24.8 Å². The Labute approximate surface area is 122 Å². The van der Waals surface area contributed by atoms with Crippen LogP contribution in [0.4, 0.5) is 0 Å². The van der Waals surface area contributed by atoms with Crippen LogP contribution < -0.4 is 11.1 Å². The maximum Gasteiger partial charge on any atom is 0.236 e. The Morgan fingerprint density at radius 3 is 3.05 bits per heavy atom. The van der Waals surface area contributed by atoms with Crippen LogP contribution >= 0.6 is 11.3 Å². The summed E-state index contributed by atoms with van der Waals surface area (Å²) in [7, 11) is 0. The van der Waals surface area contributed by atoms with Crippen LogP contribution in [-0.2, 0) is 11.2 Å². The van der Waals surface area contributed by atoms with Gasteiger partial charge in [-0.05, 0) is 31.7 Å². The van der Waals surface area contributed by atoms with Crippen LogP contribution in [0.2, 0.25) is 0 Å². The monoisotopic (exact) mass is 293 g/mol. The fourth-order valence-electron chi connectivity index (χ4n) is 1.75. The van der Waals surface area contributed by atoms with Gasteiger partial charge in [-0.2, -0.15) is 0 Å². The number of hydrogen-bond acceptors (Lipinski definition) is 5. The molecular formula is C14H19N3O2S. The Hall–Kier alpha value is -1.66. The standard InChI is InChI=1S/C14H19N3O2S/c1-9(15)5-6-16-13(18)8-11-10(2)19-14(17-11)12-4-3-7-20-12/h3-4,7,9H,5-6,8,15H2,1-2H3,(H,16,18). The lowest BCUT2D eigenvalue weighted by atomic mass is 10.2. The van der Waals surface area contributed by atoms with Crippen molar-refractivity contribution < 1.29 is 9.21 Å². The first-order valence-electron chi connectivity index (χ1n) is 6.58. The van der Waals surface area contributed by atoms with E-state index in [0.29, 0.717) is 23.9 Å². The van der Waals surface area contributed by atoms with E-state index in [1.165, 1.54) is 0 Å². The zero-order valence-electron chi connectivity index (χ0n) is 11.7. The van der Waals surface area contributed by atoms with Gasteiger partial charge < -0.3 is 15.5 Å². The van der Waals surface area contributed by atoms with Crippen molar-refractivity contribution in [1.29, 1.82) is 0 Å². The first kappa shape index (κ1) is 14.7. The van der Waals surface area contributed by atoms with E-state index in [9.17, 15) is 4.79 Å². The van der Waals surface area contributed by atoms with Crippen LogP contribution in [-0.4, -0.2) is 23.5 Å². The van der Waals surface area contributed by atoms with Crippen molar-refractivity contribution in [3.8, 4) is 10.8 Å². The molecule has 0 spiro atoms. The lowest BCUT2D eigenvalue weighted by molar-refractivity contribution is -0.120. The van der Waals surface area contributed by atoms with Crippen LogP contribution in [0.25, 0.3) is 10.8 Å². The van der Waals surface area contributed by atoms with Gasteiger partial charge in [0.2, 0.25) is 11.8 Å². The number of thiophene rings is 1. The summed E-state index contributed by atoms with van der Waals surface area (Å²) in [6.45, 7) is 4.33. The molecule has 2 heterocycles. The number of carbonyl (C=O) groups excluding carboxylic acids is 1. The van der Waals surface area contributed by atoms with Crippen molar-refractivity contribution in [2.24, 2.45) is 5.73 Å². The van der Waals surface area contributed by atoms with Crippen molar-refractivity contribution >= 4 is 17.2 Å². The second-order valence-electron chi connectivity index (χ2n) is 4.79. The molecule has 0 aliphatic rings. The largest absolute Gasteiger partial charge is 0.440 e. The molecule has 0 aromatic carbocycles. The first-order chi connectivity index (χ1) is 9.56. The SMILES string of the molecule is Cc1oc(-c2cccs2)nc1CC(=O)NCCC(C)N. The number of hydrogen-bond donors (Lipinski definition) is 2. The number of nitrogens with one attached hydrogen (secondary N) is 1. The van der Waals surface area contributed by atoms with Gasteiger partial charge in [0.15, 0.2) is 0 Å². The van der Waals surface area contributed by atoms with E-state index in [2.05, 4.69) is 10.3 Å². The average Bonchev–Trinajstić information content (AvgIpc) is 2.99. The molecule has 3 N–H and O–H groups in total. The number of oxazole rings is 1. The smallest absolute Gasteiger partial charge is 0.236 e. The summed E-state index contributed by atoms with van der Waals surface area (Å²) in [6, 6.07) is 3.98. The van der Waals surface area contributed by atoms with Crippen LogP contribution in [0.5, 0.6) is 0 Å². The number of nitrogens with zero attached hydrogens (tertiary/aromatic N) is 1. The molecule has 0 fully saturated rings. The lowest BCUT2D eigenvalue weighted by Gasteiger charge is -2.06. The molecular weight excluding hydrogens is 274 g/mol. The fourth-order valence-corrected chi connectivity index (χ4v) is 2.40. The summed E-state index contributed by atoms with van der Waals surface area (Å²) in [5, 5.41) is 4.80. The number of rotatable bonds is 6. The summed E-state index contributed by atoms with van der Waals surface area (Å²) in [5.74, 6) is 1.21. The van der Waals surface area contributed by atoms with E-state index >= 15 is 0 Å². The molecule has 108 valence electrons. The zero-order valence-corrected chi connectivity index (χ0v) is 12.5. The number of aromatic nitrogens is 1. The molecule has 0 bridgehead atoms. The molecule has 1 amide bonds. The third kappa shape index (κ3) is 3.91. The van der Waals surface area contributed by atoms with Gasteiger partial charge in [-0.25, -0.2) is 4.98 Å². The molecule has 6 heteroatoms. The van der Waals surface area contributed by atoms with Gasteiger partial charge in [0.05, 0.1) is 17.0 Å². The number of aryl methyl sites for hydroxylation is 1. The van der Waals surface area contributed by atoms with Crippen LogP contribution in [0.15, 0.2) is 21.9 Å². The van der Waals surface area contributed by atoms with E-state index in [1.54, 1.807) is 11.3 Å². The summed E-state index contributed by atoms with van der Waals surface area (Å²) >= 11 is 1.56. The Bertz CT molecular complexity index is 561. The van der Waals surface area contributed by atoms with E-state index in [0.717, 1.165) is 11.3 Å². The normalized spacial score (nSPS) is 12.3. The number of carbonyl (C=O) groups is 1. The minimum atomic E-state index is -0.0558. The molecule has 1 atom stereocenters. The van der Waals surface area contributed by atoms with E-state index < -0.39 is 0 Å². The van der Waals surface area contributed by atoms with Gasteiger partial charge in [0.1, 0.15) is 5.76 Å². The quantitative estimate of drug-likeness (QED) is 0.854. The second-order valence-corrected chi connectivity index (χ2v) is 5.74. The average molecular weight is 293 g/mol. The predicted molar refractivity (Wildman–Crippen MR) is 79.5 cm³/mol. The first-order valence-corrected chi connectivity index (χ1v) is 7.46. The number of nitrogens with two attached hydrogens (primary N) is 1. The van der Waals surface area contributed by atoms with E-state index in [1.807, 2.05) is 31.4 Å². The molecule has 20 heavy (non-hydrogen) atoms. The van der Waals surface area contributed by atoms with Gasteiger partial charge in [0.25, 0.3) is 0 Å². The summed E-state index contributed by atoms with van der Waals surface area (Å²) < 4.78 is 5.60. The molecule has 0 radical (unpaired) electrons. The minimum Gasteiger partial charge on any atom is -0.440 e. The van der Waals surface area contributed by atoms with Crippen molar-refractivity contribution in [3.05, 3.63) is 29.0 Å². The highest BCUT2D eigenvalue weighted by Crippen LogP contribution is 2.25. The summed E-state index contributed by atoms with van der Waals surface area (Å²) in [4.78, 5) is 17.2. The maximum atomic E-state index is 11.8. The second kappa shape index (κ2) is 6.67.